The molecule has 0 saturated carbocycles. The van der Waals surface area contributed by atoms with E-state index >= 15 is 0 Å². The van der Waals surface area contributed by atoms with Gasteiger partial charge in [-0.25, -0.2) is 0 Å². The molecule has 1 aromatic rings. The number of rotatable bonds is 7. The molecule has 0 aromatic carbocycles. The van der Waals surface area contributed by atoms with Crippen molar-refractivity contribution in [3.05, 3.63) is 11.7 Å². The summed E-state index contributed by atoms with van der Waals surface area (Å²) in [6.07, 6.45) is 4.04. The first kappa shape index (κ1) is 18.9. The third-order valence-electron chi connectivity index (χ3n) is 4.78. The predicted molar refractivity (Wildman–Crippen MR) is 93.4 cm³/mol. The Kier molecular flexibility index (Phi) is 6.78. The van der Waals surface area contributed by atoms with Crippen LogP contribution in [0.25, 0.3) is 0 Å². The lowest BCUT2D eigenvalue weighted by atomic mass is 9.92. The highest BCUT2D eigenvalue weighted by molar-refractivity contribution is 5.78. The molecule has 0 spiro atoms. The maximum absolute atomic E-state index is 12.2. The van der Waals surface area contributed by atoms with E-state index in [1.54, 1.807) is 0 Å². The number of carbonyl (C=O) groups is 1. The van der Waals surface area contributed by atoms with Gasteiger partial charge < -0.3 is 14.7 Å². The van der Waals surface area contributed by atoms with Gasteiger partial charge in [0.15, 0.2) is 5.82 Å². The summed E-state index contributed by atoms with van der Waals surface area (Å²) in [5, 5.41) is 7.67. The van der Waals surface area contributed by atoms with Crippen LogP contribution in [0.2, 0.25) is 0 Å². The SMILES string of the molecule is CCCCc1noc(C(C)NC2CCN(C(=O)C(C)C)CC2C)n1. The standard InChI is InChI=1S/C18H32N4O2/c1-6-7-8-16-20-17(24-21-16)14(5)19-15-9-10-22(11-13(15)4)18(23)12(2)3/h12-15,19H,6-11H2,1-5H3. The predicted octanol–water partition coefficient (Wildman–Crippen LogP) is 2.96. The molecule has 24 heavy (non-hydrogen) atoms. The molecule has 136 valence electrons. The molecule has 2 heterocycles. The van der Waals surface area contributed by atoms with Crippen LogP contribution in [-0.2, 0) is 11.2 Å². The first-order chi connectivity index (χ1) is 11.4. The zero-order valence-corrected chi connectivity index (χ0v) is 15.7. The van der Waals surface area contributed by atoms with Gasteiger partial charge in [-0.3, -0.25) is 4.79 Å². The molecule has 6 nitrogen and oxygen atoms in total. The van der Waals surface area contributed by atoms with Gasteiger partial charge in [-0.1, -0.05) is 39.3 Å². The molecule has 0 bridgehead atoms. The van der Waals surface area contributed by atoms with E-state index in [0.717, 1.165) is 44.6 Å². The summed E-state index contributed by atoms with van der Waals surface area (Å²) >= 11 is 0. The number of aryl methyl sites for hydroxylation is 1. The molecule has 2 rings (SSSR count). The van der Waals surface area contributed by atoms with Gasteiger partial charge in [-0.15, -0.1) is 0 Å². The van der Waals surface area contributed by atoms with Gasteiger partial charge >= 0.3 is 0 Å². The Bertz CT molecular complexity index is 529. The molecule has 1 aliphatic rings. The zero-order chi connectivity index (χ0) is 17.7. The van der Waals surface area contributed by atoms with Crippen molar-refractivity contribution in [3.8, 4) is 0 Å². The first-order valence-corrected chi connectivity index (χ1v) is 9.29. The Morgan fingerprint density at radius 3 is 2.79 bits per heavy atom. The molecule has 0 aliphatic carbocycles. The fourth-order valence-electron chi connectivity index (χ4n) is 3.23. The van der Waals surface area contributed by atoms with Gasteiger partial charge in [-0.2, -0.15) is 4.98 Å². The van der Waals surface area contributed by atoms with Crippen LogP contribution in [0.1, 0.15) is 71.6 Å². The number of unbranched alkanes of at least 4 members (excludes halogenated alkanes) is 1. The highest BCUT2D eigenvalue weighted by Crippen LogP contribution is 2.22. The second kappa shape index (κ2) is 8.60. The Morgan fingerprint density at radius 2 is 2.17 bits per heavy atom. The Labute approximate surface area is 145 Å². The van der Waals surface area contributed by atoms with Crippen molar-refractivity contribution < 1.29 is 9.32 Å². The molecule has 1 aliphatic heterocycles. The molecule has 1 aromatic heterocycles. The van der Waals surface area contributed by atoms with E-state index < -0.39 is 0 Å². The number of amides is 1. The van der Waals surface area contributed by atoms with Crippen LogP contribution in [0.5, 0.6) is 0 Å². The Balaban J connectivity index is 1.87. The Hall–Kier alpha value is -1.43. The normalized spacial score (nSPS) is 22.8. The van der Waals surface area contributed by atoms with Gasteiger partial charge in [0.05, 0.1) is 6.04 Å². The quantitative estimate of drug-likeness (QED) is 0.829. The summed E-state index contributed by atoms with van der Waals surface area (Å²) in [7, 11) is 0. The van der Waals surface area contributed by atoms with Crippen LogP contribution in [0.3, 0.4) is 0 Å². The fraction of sp³-hybridized carbons (Fsp3) is 0.833. The van der Waals surface area contributed by atoms with E-state index in [2.05, 4.69) is 36.2 Å². The minimum absolute atomic E-state index is 0.0349. The van der Waals surface area contributed by atoms with E-state index in [-0.39, 0.29) is 17.9 Å². The minimum atomic E-state index is 0.0349. The number of carbonyl (C=O) groups excluding carboxylic acids is 1. The second-order valence-electron chi connectivity index (χ2n) is 7.35. The van der Waals surface area contributed by atoms with Crippen LogP contribution in [0.15, 0.2) is 4.52 Å². The van der Waals surface area contributed by atoms with Crippen molar-refractivity contribution in [1.82, 2.24) is 20.4 Å². The van der Waals surface area contributed by atoms with Crippen molar-refractivity contribution in [1.29, 1.82) is 0 Å². The lowest BCUT2D eigenvalue weighted by Gasteiger charge is -2.39. The van der Waals surface area contributed by atoms with Crippen molar-refractivity contribution in [2.45, 2.75) is 72.4 Å². The summed E-state index contributed by atoms with van der Waals surface area (Å²) in [5.74, 6) is 2.19. The minimum Gasteiger partial charge on any atom is -0.342 e. The van der Waals surface area contributed by atoms with Crippen LogP contribution in [-0.4, -0.2) is 40.1 Å². The zero-order valence-electron chi connectivity index (χ0n) is 15.7. The van der Waals surface area contributed by atoms with Crippen molar-refractivity contribution in [2.24, 2.45) is 11.8 Å². The molecule has 3 atom stereocenters. The molecule has 1 N–H and O–H groups in total. The number of aromatic nitrogens is 2. The lowest BCUT2D eigenvalue weighted by Crippen LogP contribution is -2.51. The molecule has 1 amide bonds. The molecule has 6 heteroatoms. The molecular formula is C18H32N4O2. The molecule has 0 radical (unpaired) electrons. The largest absolute Gasteiger partial charge is 0.342 e. The summed E-state index contributed by atoms with van der Waals surface area (Å²) in [5.41, 5.74) is 0. The van der Waals surface area contributed by atoms with Gasteiger partial charge in [0.1, 0.15) is 0 Å². The number of likely N-dealkylation sites (tertiary alicyclic amines) is 1. The number of hydrogen-bond donors (Lipinski definition) is 1. The van der Waals surface area contributed by atoms with E-state index in [1.165, 1.54) is 0 Å². The third-order valence-corrected chi connectivity index (χ3v) is 4.78. The van der Waals surface area contributed by atoms with Gasteiger partial charge in [0.25, 0.3) is 0 Å². The summed E-state index contributed by atoms with van der Waals surface area (Å²) in [6, 6.07) is 0.398. The molecule has 1 fully saturated rings. The number of nitrogens with one attached hydrogen (secondary N) is 1. The maximum atomic E-state index is 12.2. The van der Waals surface area contributed by atoms with E-state index in [1.807, 2.05) is 18.7 Å². The third kappa shape index (κ3) is 4.79. The summed E-state index contributed by atoms with van der Waals surface area (Å²) in [6.45, 7) is 12.0. The molecular weight excluding hydrogens is 304 g/mol. The van der Waals surface area contributed by atoms with E-state index in [4.69, 9.17) is 4.52 Å². The van der Waals surface area contributed by atoms with Gasteiger partial charge in [-0.05, 0) is 25.7 Å². The van der Waals surface area contributed by atoms with Crippen LogP contribution < -0.4 is 5.32 Å². The number of nitrogens with zero attached hydrogens (tertiary/aromatic N) is 3. The van der Waals surface area contributed by atoms with E-state index in [9.17, 15) is 4.79 Å². The van der Waals surface area contributed by atoms with Crippen molar-refractivity contribution >= 4 is 5.91 Å². The maximum Gasteiger partial charge on any atom is 0.243 e. The summed E-state index contributed by atoms with van der Waals surface area (Å²) in [4.78, 5) is 18.6. The second-order valence-corrected chi connectivity index (χ2v) is 7.35. The average molecular weight is 336 g/mol. The lowest BCUT2D eigenvalue weighted by molar-refractivity contribution is -0.136. The average Bonchev–Trinajstić information content (AvgIpc) is 3.03. The highest BCUT2D eigenvalue weighted by atomic mass is 16.5. The topological polar surface area (TPSA) is 71.3 Å². The fourth-order valence-corrected chi connectivity index (χ4v) is 3.23. The highest BCUT2D eigenvalue weighted by Gasteiger charge is 2.31. The van der Waals surface area contributed by atoms with Gasteiger partial charge in [0, 0.05) is 31.5 Å². The molecule has 1 saturated heterocycles. The monoisotopic (exact) mass is 336 g/mol. The number of piperidine rings is 1. The molecule has 3 unspecified atom stereocenters. The van der Waals surface area contributed by atoms with E-state index in [0.29, 0.717) is 17.9 Å². The van der Waals surface area contributed by atoms with Gasteiger partial charge in [0.2, 0.25) is 11.8 Å². The Morgan fingerprint density at radius 1 is 1.42 bits per heavy atom. The van der Waals surface area contributed by atoms with Crippen LogP contribution >= 0.6 is 0 Å². The summed E-state index contributed by atoms with van der Waals surface area (Å²) < 4.78 is 5.40. The number of hydrogen-bond acceptors (Lipinski definition) is 5. The van der Waals surface area contributed by atoms with Crippen LogP contribution in [0.4, 0.5) is 0 Å². The smallest absolute Gasteiger partial charge is 0.243 e. The van der Waals surface area contributed by atoms with Crippen molar-refractivity contribution in [3.63, 3.8) is 0 Å². The van der Waals surface area contributed by atoms with Crippen LogP contribution in [0, 0.1) is 11.8 Å². The van der Waals surface area contributed by atoms with Crippen molar-refractivity contribution in [2.75, 3.05) is 13.1 Å². The first-order valence-electron chi connectivity index (χ1n) is 9.29.